The number of nitrogens with zero attached hydrogens (tertiary/aromatic N) is 3. The second kappa shape index (κ2) is 7.65. The summed E-state index contributed by atoms with van der Waals surface area (Å²) < 4.78 is 28.7. The van der Waals surface area contributed by atoms with E-state index in [4.69, 9.17) is 0 Å². The van der Waals surface area contributed by atoms with Crippen molar-refractivity contribution in [2.45, 2.75) is 37.9 Å². The van der Waals surface area contributed by atoms with E-state index in [0.29, 0.717) is 19.5 Å². The van der Waals surface area contributed by atoms with E-state index in [1.807, 2.05) is 4.57 Å². The molecule has 3 aromatic rings. The zero-order valence-corrected chi connectivity index (χ0v) is 16.4. The summed E-state index contributed by atoms with van der Waals surface area (Å²) in [5, 5.41) is 3.09. The lowest BCUT2D eigenvalue weighted by Crippen LogP contribution is -2.43. The van der Waals surface area contributed by atoms with E-state index in [2.05, 4.69) is 15.2 Å². The Hall–Kier alpha value is -3.06. The fourth-order valence-corrected chi connectivity index (χ4v) is 4.05. The molecule has 30 heavy (non-hydrogen) atoms. The van der Waals surface area contributed by atoms with E-state index in [9.17, 15) is 13.6 Å². The van der Waals surface area contributed by atoms with Gasteiger partial charge in [0, 0.05) is 36.9 Å². The van der Waals surface area contributed by atoms with Gasteiger partial charge in [-0.25, -0.2) is 13.8 Å². The van der Waals surface area contributed by atoms with Crippen LogP contribution in [0, 0.1) is 11.6 Å². The number of carbonyl (C=O) groups is 1. The standard InChI is InChI=1S/C23H22F2N4O/c24-16-3-1-15(2-4-16)22(23(30)27-18-7-8-18)28-12-11-21-20(13-28)26-14-29(21)19-9-5-17(25)6-10-19/h1-6,9-10,14,18,22H,7-8,11-13H2,(H,27,30). The molecular weight excluding hydrogens is 386 g/mol. The van der Waals surface area contributed by atoms with E-state index in [1.165, 1.54) is 24.3 Å². The van der Waals surface area contributed by atoms with Gasteiger partial charge in [-0.3, -0.25) is 9.69 Å². The molecule has 1 atom stereocenters. The predicted molar refractivity (Wildman–Crippen MR) is 108 cm³/mol. The van der Waals surface area contributed by atoms with Crippen LogP contribution in [0.15, 0.2) is 54.9 Å². The van der Waals surface area contributed by atoms with Gasteiger partial charge in [-0.1, -0.05) is 12.1 Å². The molecule has 1 saturated carbocycles. The van der Waals surface area contributed by atoms with Gasteiger partial charge >= 0.3 is 0 Å². The topological polar surface area (TPSA) is 50.2 Å². The summed E-state index contributed by atoms with van der Waals surface area (Å²) in [4.78, 5) is 19.7. The predicted octanol–water partition coefficient (Wildman–Crippen LogP) is 3.53. The average Bonchev–Trinajstić information content (AvgIpc) is 3.46. The Bertz CT molecular complexity index is 1060. The summed E-state index contributed by atoms with van der Waals surface area (Å²) >= 11 is 0. The minimum absolute atomic E-state index is 0.0504. The number of fused-ring (bicyclic) bond motifs is 1. The van der Waals surface area contributed by atoms with E-state index in [1.54, 1.807) is 30.6 Å². The number of amides is 1. The molecule has 1 aromatic heterocycles. The summed E-state index contributed by atoms with van der Waals surface area (Å²) in [6.07, 6.45) is 4.47. The van der Waals surface area contributed by atoms with Crippen molar-refractivity contribution in [3.8, 4) is 5.69 Å². The number of halogens is 2. The molecule has 154 valence electrons. The minimum atomic E-state index is -0.490. The number of rotatable bonds is 5. The van der Waals surface area contributed by atoms with Gasteiger partial charge in [0.05, 0.1) is 12.0 Å². The van der Waals surface area contributed by atoms with Crippen LogP contribution in [0.2, 0.25) is 0 Å². The molecule has 2 heterocycles. The first-order valence-electron chi connectivity index (χ1n) is 10.2. The Kier molecular flexibility index (Phi) is 4.83. The zero-order chi connectivity index (χ0) is 20.7. The first-order chi connectivity index (χ1) is 14.6. The molecule has 1 fully saturated rings. The van der Waals surface area contributed by atoms with Crippen LogP contribution >= 0.6 is 0 Å². The second-order valence-electron chi connectivity index (χ2n) is 7.94. The van der Waals surface area contributed by atoms with Crippen LogP contribution in [0.4, 0.5) is 8.78 Å². The van der Waals surface area contributed by atoms with Gasteiger partial charge in [0.2, 0.25) is 5.91 Å². The first-order valence-corrected chi connectivity index (χ1v) is 10.2. The van der Waals surface area contributed by atoms with Crippen molar-refractivity contribution >= 4 is 5.91 Å². The van der Waals surface area contributed by atoms with Crippen molar-refractivity contribution in [2.75, 3.05) is 6.54 Å². The quantitative estimate of drug-likeness (QED) is 0.703. The van der Waals surface area contributed by atoms with Gasteiger partial charge in [0.25, 0.3) is 0 Å². The highest BCUT2D eigenvalue weighted by Crippen LogP contribution is 2.30. The molecule has 0 radical (unpaired) electrons. The summed E-state index contributed by atoms with van der Waals surface area (Å²) in [5.74, 6) is -0.646. The van der Waals surface area contributed by atoms with Crippen LogP contribution < -0.4 is 5.32 Å². The Morgan fingerprint density at radius 1 is 1.03 bits per heavy atom. The van der Waals surface area contributed by atoms with E-state index < -0.39 is 6.04 Å². The van der Waals surface area contributed by atoms with Crippen LogP contribution in [0.1, 0.15) is 35.8 Å². The molecule has 1 N–H and O–H groups in total. The van der Waals surface area contributed by atoms with Gasteiger partial charge in [-0.15, -0.1) is 0 Å². The molecule has 2 aliphatic rings. The Balaban J connectivity index is 1.42. The number of carbonyl (C=O) groups excluding carboxylic acids is 1. The summed E-state index contributed by atoms with van der Waals surface area (Å²) in [6.45, 7) is 1.18. The van der Waals surface area contributed by atoms with E-state index >= 15 is 0 Å². The number of benzene rings is 2. The molecule has 0 spiro atoms. The summed E-state index contributed by atoms with van der Waals surface area (Å²) in [7, 11) is 0. The van der Waals surface area contributed by atoms with Crippen LogP contribution in [0.3, 0.4) is 0 Å². The minimum Gasteiger partial charge on any atom is -0.352 e. The number of hydrogen-bond acceptors (Lipinski definition) is 3. The normalized spacial score (nSPS) is 17.4. The van der Waals surface area contributed by atoms with Crippen molar-refractivity contribution in [2.24, 2.45) is 0 Å². The highest BCUT2D eigenvalue weighted by atomic mass is 19.1. The van der Waals surface area contributed by atoms with E-state index in [-0.39, 0.29) is 23.6 Å². The fourth-order valence-electron chi connectivity index (χ4n) is 4.05. The molecule has 1 aliphatic carbocycles. The van der Waals surface area contributed by atoms with Crippen LogP contribution in [-0.2, 0) is 17.8 Å². The number of nitrogens with one attached hydrogen (secondary N) is 1. The SMILES string of the molecule is O=C(NC1CC1)C(c1ccc(F)cc1)N1CCc2c(ncn2-c2ccc(F)cc2)C1. The molecule has 1 aliphatic heterocycles. The Morgan fingerprint density at radius 2 is 1.70 bits per heavy atom. The third-order valence-electron chi connectivity index (χ3n) is 5.77. The number of imidazole rings is 1. The van der Waals surface area contributed by atoms with Gasteiger partial charge in [-0.2, -0.15) is 0 Å². The first kappa shape index (κ1) is 18.9. The van der Waals surface area contributed by atoms with Crippen LogP contribution in [0.25, 0.3) is 5.69 Å². The Morgan fingerprint density at radius 3 is 2.37 bits per heavy atom. The van der Waals surface area contributed by atoms with Crippen molar-refractivity contribution in [3.05, 3.63) is 83.4 Å². The molecule has 5 nitrogen and oxygen atoms in total. The van der Waals surface area contributed by atoms with Gasteiger partial charge < -0.3 is 9.88 Å². The lowest BCUT2D eigenvalue weighted by molar-refractivity contribution is -0.127. The lowest BCUT2D eigenvalue weighted by atomic mass is 10.0. The molecule has 0 saturated heterocycles. The highest BCUT2D eigenvalue weighted by Gasteiger charge is 2.34. The molecule has 1 unspecified atom stereocenters. The van der Waals surface area contributed by atoms with Crippen molar-refractivity contribution < 1.29 is 13.6 Å². The van der Waals surface area contributed by atoms with Gasteiger partial charge in [0.15, 0.2) is 0 Å². The molecule has 2 aromatic carbocycles. The van der Waals surface area contributed by atoms with Crippen LogP contribution in [-0.4, -0.2) is 32.9 Å². The molecule has 0 bridgehead atoms. The van der Waals surface area contributed by atoms with Gasteiger partial charge in [0.1, 0.15) is 17.7 Å². The molecule has 1 amide bonds. The second-order valence-corrected chi connectivity index (χ2v) is 7.94. The van der Waals surface area contributed by atoms with Crippen molar-refractivity contribution in [3.63, 3.8) is 0 Å². The molecular formula is C23H22F2N4O. The van der Waals surface area contributed by atoms with Crippen LogP contribution in [0.5, 0.6) is 0 Å². The van der Waals surface area contributed by atoms with Gasteiger partial charge in [-0.05, 0) is 54.8 Å². The molecule has 5 rings (SSSR count). The zero-order valence-electron chi connectivity index (χ0n) is 16.4. The highest BCUT2D eigenvalue weighted by molar-refractivity contribution is 5.83. The third kappa shape index (κ3) is 3.73. The average molecular weight is 408 g/mol. The smallest absolute Gasteiger partial charge is 0.242 e. The lowest BCUT2D eigenvalue weighted by Gasteiger charge is -2.34. The van der Waals surface area contributed by atoms with E-state index in [0.717, 1.165) is 35.5 Å². The number of hydrogen-bond donors (Lipinski definition) is 1. The maximum atomic E-state index is 13.4. The number of aromatic nitrogens is 2. The third-order valence-corrected chi connectivity index (χ3v) is 5.77. The largest absolute Gasteiger partial charge is 0.352 e. The van der Waals surface area contributed by atoms with Crippen molar-refractivity contribution in [1.29, 1.82) is 0 Å². The maximum Gasteiger partial charge on any atom is 0.242 e. The summed E-state index contributed by atoms with van der Waals surface area (Å²) in [5.41, 5.74) is 3.60. The molecule has 7 heteroatoms. The maximum absolute atomic E-state index is 13.4. The monoisotopic (exact) mass is 408 g/mol. The van der Waals surface area contributed by atoms with Crippen molar-refractivity contribution in [1.82, 2.24) is 19.8 Å². The fraction of sp³-hybridized carbons (Fsp3) is 0.304. The Labute approximate surface area is 173 Å². The summed E-state index contributed by atoms with van der Waals surface area (Å²) in [6, 6.07) is 12.2.